The van der Waals surface area contributed by atoms with Gasteiger partial charge in [-0.3, -0.25) is 4.90 Å². The molecular weight excluding hydrogens is 394 g/mol. The zero-order chi connectivity index (χ0) is 17.6. The number of nitriles is 1. The van der Waals surface area contributed by atoms with Gasteiger partial charge in [-0.15, -0.1) is 0 Å². The fourth-order valence-electron chi connectivity index (χ4n) is 2.77. The molecule has 1 fully saturated rings. The quantitative estimate of drug-likeness (QED) is 0.636. The third kappa shape index (κ3) is 5.01. The lowest BCUT2D eigenvalue weighted by molar-refractivity contribution is 0.162. The second-order valence-corrected chi connectivity index (χ2v) is 8.68. The van der Waals surface area contributed by atoms with Crippen LogP contribution in [0.25, 0.3) is 0 Å². The average Bonchev–Trinajstić information content (AvgIpc) is 2.58. The number of hydrogen-bond acceptors (Lipinski definition) is 5. The van der Waals surface area contributed by atoms with E-state index in [9.17, 15) is 13.7 Å². The second-order valence-electron chi connectivity index (χ2n) is 5.68. The third-order valence-electron chi connectivity index (χ3n) is 4.09. The summed E-state index contributed by atoms with van der Waals surface area (Å²) in [5, 5.41) is 9.52. The Kier molecular flexibility index (Phi) is 7.19. The van der Waals surface area contributed by atoms with Crippen LogP contribution in [0.3, 0.4) is 0 Å². The van der Waals surface area contributed by atoms with Crippen LogP contribution in [0.1, 0.15) is 18.0 Å². The minimum Gasteiger partial charge on any atom is -0.385 e. The van der Waals surface area contributed by atoms with E-state index in [0.717, 1.165) is 10.0 Å². The van der Waals surface area contributed by atoms with Crippen molar-refractivity contribution in [3.8, 4) is 6.07 Å². The summed E-state index contributed by atoms with van der Waals surface area (Å²) >= 11 is 3.39. The molecule has 1 aliphatic rings. The van der Waals surface area contributed by atoms with Crippen molar-refractivity contribution in [1.29, 1.82) is 5.26 Å². The molecule has 1 atom stereocenters. The van der Waals surface area contributed by atoms with E-state index in [1.165, 1.54) is 4.31 Å². The van der Waals surface area contributed by atoms with Gasteiger partial charge in [0.2, 0.25) is 10.0 Å². The molecule has 0 aliphatic carbocycles. The molecule has 2 rings (SSSR count). The number of rotatable bonds is 7. The Bertz CT molecular complexity index is 665. The Morgan fingerprint density at radius 2 is 1.88 bits per heavy atom. The standard InChI is InChI=1S/C16H22BrN3O3S/c1-23-11-2-12-24(21,22)20-9-7-19(8-10-20)16(13-18)14-3-5-15(17)6-4-14/h3-6,16H,2,7-12H2,1H3/t16-/m0/s1. The minimum absolute atomic E-state index is 0.106. The highest BCUT2D eigenvalue weighted by Crippen LogP contribution is 2.24. The molecule has 0 N–H and O–H groups in total. The fraction of sp³-hybridized carbons (Fsp3) is 0.562. The molecule has 1 aromatic rings. The Labute approximate surface area is 152 Å². The third-order valence-corrected chi connectivity index (χ3v) is 6.58. The average molecular weight is 416 g/mol. The van der Waals surface area contributed by atoms with Gasteiger partial charge in [-0.2, -0.15) is 9.57 Å². The minimum atomic E-state index is -3.24. The van der Waals surface area contributed by atoms with Crippen molar-refractivity contribution in [2.24, 2.45) is 0 Å². The first kappa shape index (κ1) is 19.3. The molecule has 1 saturated heterocycles. The molecule has 24 heavy (non-hydrogen) atoms. The zero-order valence-corrected chi connectivity index (χ0v) is 16.1. The van der Waals surface area contributed by atoms with Crippen molar-refractivity contribution in [1.82, 2.24) is 9.21 Å². The summed E-state index contributed by atoms with van der Waals surface area (Å²) in [6, 6.07) is 9.65. The van der Waals surface area contributed by atoms with Crippen LogP contribution in [-0.2, 0) is 14.8 Å². The van der Waals surface area contributed by atoms with E-state index in [2.05, 4.69) is 22.0 Å². The van der Waals surface area contributed by atoms with E-state index in [-0.39, 0.29) is 11.8 Å². The molecule has 8 heteroatoms. The van der Waals surface area contributed by atoms with E-state index in [4.69, 9.17) is 4.74 Å². The maximum absolute atomic E-state index is 12.3. The van der Waals surface area contributed by atoms with E-state index < -0.39 is 10.0 Å². The van der Waals surface area contributed by atoms with Gasteiger partial charge in [0, 0.05) is 44.4 Å². The van der Waals surface area contributed by atoms with Crippen LogP contribution in [0.15, 0.2) is 28.7 Å². The summed E-state index contributed by atoms with van der Waals surface area (Å²) in [6.07, 6.45) is 0.499. The maximum Gasteiger partial charge on any atom is 0.214 e. The van der Waals surface area contributed by atoms with E-state index in [1.807, 2.05) is 29.2 Å². The van der Waals surface area contributed by atoms with Gasteiger partial charge in [0.25, 0.3) is 0 Å². The van der Waals surface area contributed by atoms with E-state index >= 15 is 0 Å². The lowest BCUT2D eigenvalue weighted by atomic mass is 10.1. The van der Waals surface area contributed by atoms with Gasteiger partial charge in [0.05, 0.1) is 11.8 Å². The molecule has 0 amide bonds. The van der Waals surface area contributed by atoms with Crippen LogP contribution in [0.4, 0.5) is 0 Å². The lowest BCUT2D eigenvalue weighted by Gasteiger charge is -2.36. The Balaban J connectivity index is 1.96. The number of methoxy groups -OCH3 is 1. The Hall–Kier alpha value is -0.980. The Morgan fingerprint density at radius 3 is 2.42 bits per heavy atom. The highest BCUT2D eigenvalue weighted by Gasteiger charge is 2.30. The molecule has 0 aromatic heterocycles. The molecular formula is C16H22BrN3O3S. The summed E-state index contributed by atoms with van der Waals surface area (Å²) in [4.78, 5) is 2.03. The molecule has 0 spiro atoms. The van der Waals surface area contributed by atoms with Gasteiger partial charge in [-0.1, -0.05) is 28.1 Å². The molecule has 132 valence electrons. The Morgan fingerprint density at radius 1 is 1.25 bits per heavy atom. The number of sulfonamides is 1. The van der Waals surface area contributed by atoms with Crippen LogP contribution in [0, 0.1) is 11.3 Å². The first-order valence-corrected chi connectivity index (χ1v) is 10.2. The van der Waals surface area contributed by atoms with Crippen LogP contribution in [0.5, 0.6) is 0 Å². The molecule has 0 saturated carbocycles. The first-order chi connectivity index (χ1) is 11.5. The monoisotopic (exact) mass is 415 g/mol. The van der Waals surface area contributed by atoms with Gasteiger partial charge in [0.15, 0.2) is 0 Å². The van der Waals surface area contributed by atoms with Crippen LogP contribution in [-0.4, -0.2) is 63.3 Å². The van der Waals surface area contributed by atoms with Gasteiger partial charge >= 0.3 is 0 Å². The summed E-state index contributed by atoms with van der Waals surface area (Å²) in [6.45, 7) is 2.39. The fourth-order valence-corrected chi connectivity index (χ4v) is 4.49. The summed E-state index contributed by atoms with van der Waals surface area (Å²) in [5.41, 5.74) is 0.928. The molecule has 0 radical (unpaired) electrons. The van der Waals surface area contributed by atoms with Gasteiger partial charge in [-0.05, 0) is 24.1 Å². The summed E-state index contributed by atoms with van der Waals surface area (Å²) in [7, 11) is -1.68. The van der Waals surface area contributed by atoms with Gasteiger partial charge in [-0.25, -0.2) is 8.42 Å². The number of nitrogens with zero attached hydrogens (tertiary/aromatic N) is 3. The lowest BCUT2D eigenvalue weighted by Crippen LogP contribution is -2.50. The molecule has 0 unspecified atom stereocenters. The molecule has 1 heterocycles. The van der Waals surface area contributed by atoms with Crippen LogP contribution < -0.4 is 0 Å². The van der Waals surface area contributed by atoms with Crippen molar-refractivity contribution in [3.63, 3.8) is 0 Å². The largest absolute Gasteiger partial charge is 0.385 e. The number of piperazine rings is 1. The highest BCUT2D eigenvalue weighted by atomic mass is 79.9. The summed E-state index contributed by atoms with van der Waals surface area (Å²) < 4.78 is 32.0. The second kappa shape index (κ2) is 8.92. The number of benzene rings is 1. The number of hydrogen-bond donors (Lipinski definition) is 0. The molecule has 0 bridgehead atoms. The van der Waals surface area contributed by atoms with Gasteiger partial charge < -0.3 is 4.74 Å². The SMILES string of the molecule is COCCCS(=O)(=O)N1CCN([C@@H](C#N)c2ccc(Br)cc2)CC1. The maximum atomic E-state index is 12.3. The number of ether oxygens (including phenoxy) is 1. The van der Waals surface area contributed by atoms with Crippen molar-refractivity contribution in [2.45, 2.75) is 12.5 Å². The van der Waals surface area contributed by atoms with Crippen molar-refractivity contribution in [3.05, 3.63) is 34.3 Å². The topological polar surface area (TPSA) is 73.6 Å². The molecule has 1 aromatic carbocycles. The van der Waals surface area contributed by atoms with Crippen LogP contribution >= 0.6 is 15.9 Å². The predicted molar refractivity (Wildman–Crippen MR) is 95.9 cm³/mol. The van der Waals surface area contributed by atoms with Crippen molar-refractivity contribution < 1.29 is 13.2 Å². The summed E-state index contributed by atoms with van der Waals surface area (Å²) in [5.74, 6) is 0.106. The molecule has 6 nitrogen and oxygen atoms in total. The van der Waals surface area contributed by atoms with Crippen LogP contribution in [0.2, 0.25) is 0 Å². The van der Waals surface area contributed by atoms with Gasteiger partial charge in [0.1, 0.15) is 6.04 Å². The predicted octanol–water partition coefficient (Wildman–Crippen LogP) is 2.00. The zero-order valence-electron chi connectivity index (χ0n) is 13.7. The first-order valence-electron chi connectivity index (χ1n) is 7.84. The van der Waals surface area contributed by atoms with E-state index in [1.54, 1.807) is 7.11 Å². The number of halogens is 1. The smallest absolute Gasteiger partial charge is 0.214 e. The highest BCUT2D eigenvalue weighted by molar-refractivity contribution is 9.10. The van der Waals surface area contributed by atoms with Crippen molar-refractivity contribution >= 4 is 26.0 Å². The normalized spacial score (nSPS) is 18.2. The van der Waals surface area contributed by atoms with Crippen molar-refractivity contribution in [2.75, 3.05) is 45.6 Å². The van der Waals surface area contributed by atoms with E-state index in [0.29, 0.717) is 39.2 Å². The molecule has 1 aliphatic heterocycles.